The van der Waals surface area contributed by atoms with Crippen LogP contribution in [0, 0.1) is 5.92 Å². The van der Waals surface area contributed by atoms with Crippen LogP contribution < -0.4 is 0 Å². The van der Waals surface area contributed by atoms with Crippen LogP contribution >= 0.6 is 0 Å². The Kier molecular flexibility index (Phi) is 1.07. The van der Waals surface area contributed by atoms with Gasteiger partial charge in [-0.05, 0) is 19.3 Å². The van der Waals surface area contributed by atoms with Crippen LogP contribution in [0.15, 0.2) is 0 Å². The van der Waals surface area contributed by atoms with Crippen molar-refractivity contribution in [3.8, 4) is 0 Å². The summed E-state index contributed by atoms with van der Waals surface area (Å²) in [7, 11) is 0. The molecule has 5 heteroatoms. The first-order chi connectivity index (χ1) is 6.05. The van der Waals surface area contributed by atoms with Crippen molar-refractivity contribution in [2.75, 3.05) is 0 Å². The number of carbonyl (C=O) groups is 1. The minimum Gasteiger partial charge on any atom is -0.423 e. The molecule has 0 amide bonds. The van der Waals surface area contributed by atoms with Gasteiger partial charge in [0, 0.05) is 5.92 Å². The zero-order chi connectivity index (χ0) is 9.27. The van der Waals surface area contributed by atoms with Gasteiger partial charge in [-0.2, -0.15) is 0 Å². The molecular formula is C8H10O5. The Bertz CT molecular complexity index is 290. The van der Waals surface area contributed by atoms with Crippen molar-refractivity contribution in [2.24, 2.45) is 5.92 Å². The largest absolute Gasteiger partial charge is 0.511 e. The zero-order valence-corrected chi connectivity index (χ0v) is 6.90. The fourth-order valence-corrected chi connectivity index (χ4v) is 2.81. The van der Waals surface area contributed by atoms with E-state index in [1.54, 1.807) is 0 Å². The Morgan fingerprint density at radius 1 is 1.46 bits per heavy atom. The van der Waals surface area contributed by atoms with Gasteiger partial charge in [0.2, 0.25) is 0 Å². The van der Waals surface area contributed by atoms with E-state index >= 15 is 0 Å². The lowest BCUT2D eigenvalue weighted by atomic mass is 9.88. The van der Waals surface area contributed by atoms with Crippen LogP contribution in [0.25, 0.3) is 0 Å². The topological polar surface area (TPSA) is 76.0 Å². The fourth-order valence-electron chi connectivity index (χ4n) is 2.81. The molecule has 3 aliphatic rings. The van der Waals surface area contributed by atoms with Crippen LogP contribution in [0.1, 0.15) is 19.3 Å². The highest BCUT2D eigenvalue weighted by molar-refractivity contribution is 5.64. The molecule has 4 unspecified atom stereocenters. The number of ether oxygens (including phenoxy) is 2. The molecule has 2 aliphatic carbocycles. The zero-order valence-electron chi connectivity index (χ0n) is 6.90. The first-order valence-corrected chi connectivity index (χ1v) is 4.40. The molecule has 0 aromatic heterocycles. The lowest BCUT2D eigenvalue weighted by Gasteiger charge is -2.34. The van der Waals surface area contributed by atoms with Gasteiger partial charge in [-0.15, -0.1) is 0 Å². The molecule has 2 N–H and O–H groups in total. The molecule has 2 bridgehead atoms. The summed E-state index contributed by atoms with van der Waals surface area (Å²) in [5, 5.41) is 19.9. The molecule has 2 saturated carbocycles. The van der Waals surface area contributed by atoms with Gasteiger partial charge in [-0.1, -0.05) is 0 Å². The maximum absolute atomic E-state index is 10.8. The summed E-state index contributed by atoms with van der Waals surface area (Å²) in [6.45, 7) is 0. The van der Waals surface area contributed by atoms with Gasteiger partial charge in [-0.25, -0.2) is 4.79 Å². The van der Waals surface area contributed by atoms with Gasteiger partial charge < -0.3 is 19.7 Å². The predicted molar refractivity (Wildman–Crippen MR) is 38.6 cm³/mol. The summed E-state index contributed by atoms with van der Waals surface area (Å²) in [5.41, 5.74) is -1.28. The average molecular weight is 186 g/mol. The summed E-state index contributed by atoms with van der Waals surface area (Å²) in [4.78, 5) is 10.8. The Morgan fingerprint density at radius 2 is 2.23 bits per heavy atom. The quantitative estimate of drug-likeness (QED) is 0.510. The van der Waals surface area contributed by atoms with Crippen molar-refractivity contribution in [3.05, 3.63) is 0 Å². The molecule has 1 heterocycles. The second kappa shape index (κ2) is 1.83. The first kappa shape index (κ1) is 7.58. The Labute approximate surface area is 74.3 Å². The van der Waals surface area contributed by atoms with Gasteiger partial charge >= 0.3 is 6.16 Å². The number of hydrogen-bond acceptors (Lipinski definition) is 5. The number of fused-ring (bicyclic) bond motifs is 5. The summed E-state index contributed by atoms with van der Waals surface area (Å²) in [6, 6.07) is 0. The van der Waals surface area contributed by atoms with Crippen molar-refractivity contribution >= 4 is 6.16 Å². The van der Waals surface area contributed by atoms with Gasteiger partial charge in [0.15, 0.2) is 6.10 Å². The van der Waals surface area contributed by atoms with E-state index in [9.17, 15) is 15.0 Å². The van der Waals surface area contributed by atoms with Crippen molar-refractivity contribution in [3.63, 3.8) is 0 Å². The minimum atomic E-state index is -1.78. The third kappa shape index (κ3) is 0.648. The van der Waals surface area contributed by atoms with Crippen LogP contribution in [0.4, 0.5) is 4.79 Å². The van der Waals surface area contributed by atoms with Crippen LogP contribution in [0.3, 0.4) is 0 Å². The molecule has 0 aromatic carbocycles. The smallest absolute Gasteiger partial charge is 0.423 e. The molecule has 3 rings (SSSR count). The third-order valence-electron chi connectivity index (χ3n) is 3.47. The second-order valence-corrected chi connectivity index (χ2v) is 4.12. The van der Waals surface area contributed by atoms with E-state index in [2.05, 4.69) is 4.74 Å². The van der Waals surface area contributed by atoms with E-state index < -0.39 is 23.6 Å². The molecule has 0 aromatic rings. The van der Waals surface area contributed by atoms with Gasteiger partial charge in [0.1, 0.15) is 5.60 Å². The van der Waals surface area contributed by atoms with E-state index in [0.717, 1.165) is 6.42 Å². The summed E-state index contributed by atoms with van der Waals surface area (Å²) in [5.74, 6) is -1.74. The lowest BCUT2D eigenvalue weighted by molar-refractivity contribution is -0.258. The highest BCUT2D eigenvalue weighted by Crippen LogP contribution is 2.57. The minimum absolute atomic E-state index is 0.0430. The van der Waals surface area contributed by atoms with Crippen LogP contribution in [0.5, 0.6) is 0 Å². The number of rotatable bonds is 0. The Hall–Kier alpha value is -0.810. The molecule has 1 aliphatic heterocycles. The fraction of sp³-hybridized carbons (Fsp3) is 0.875. The van der Waals surface area contributed by atoms with Gasteiger partial charge in [0.05, 0.1) is 0 Å². The predicted octanol–water partition coefficient (Wildman–Crippen LogP) is -0.245. The highest BCUT2D eigenvalue weighted by atomic mass is 16.8. The maximum atomic E-state index is 10.8. The Balaban J connectivity index is 2.07. The molecule has 72 valence electrons. The number of aliphatic hydroxyl groups is 2. The van der Waals surface area contributed by atoms with Gasteiger partial charge in [-0.3, -0.25) is 0 Å². The molecule has 0 radical (unpaired) electrons. The molecule has 4 atom stereocenters. The molecule has 0 spiro atoms. The van der Waals surface area contributed by atoms with E-state index in [1.807, 2.05) is 0 Å². The van der Waals surface area contributed by atoms with Crippen molar-refractivity contribution in [2.45, 2.75) is 36.8 Å². The van der Waals surface area contributed by atoms with E-state index in [4.69, 9.17) is 4.74 Å². The lowest BCUT2D eigenvalue weighted by Crippen LogP contribution is -2.56. The maximum Gasteiger partial charge on any atom is 0.511 e. The number of hydrogen-bond donors (Lipinski definition) is 2. The highest BCUT2D eigenvalue weighted by Gasteiger charge is 2.74. The Morgan fingerprint density at radius 3 is 2.92 bits per heavy atom. The van der Waals surface area contributed by atoms with E-state index in [0.29, 0.717) is 12.8 Å². The molecule has 1 saturated heterocycles. The SMILES string of the molecule is O=C1OC2C3CCC(O)(C3)C2(O)O1. The molecule has 13 heavy (non-hydrogen) atoms. The van der Waals surface area contributed by atoms with Gasteiger partial charge in [0.25, 0.3) is 5.79 Å². The van der Waals surface area contributed by atoms with Crippen molar-refractivity contribution in [1.29, 1.82) is 0 Å². The number of carbonyl (C=O) groups excluding carboxylic acids is 1. The standard InChI is InChI=1S/C8H10O5/c9-6-12-5-4-1-2-7(10,3-4)8(5,11)13-6/h4-5,10-11H,1-3H2. The van der Waals surface area contributed by atoms with Crippen molar-refractivity contribution in [1.82, 2.24) is 0 Å². The molecular weight excluding hydrogens is 176 g/mol. The van der Waals surface area contributed by atoms with Crippen LogP contribution in [-0.4, -0.2) is 33.9 Å². The summed E-state index contributed by atoms with van der Waals surface area (Å²) >= 11 is 0. The third-order valence-corrected chi connectivity index (χ3v) is 3.47. The monoisotopic (exact) mass is 186 g/mol. The summed E-state index contributed by atoms with van der Waals surface area (Å²) < 4.78 is 9.47. The molecule has 5 nitrogen and oxygen atoms in total. The van der Waals surface area contributed by atoms with Crippen LogP contribution in [-0.2, 0) is 9.47 Å². The molecule has 3 fully saturated rings. The average Bonchev–Trinajstić information content (AvgIpc) is 2.58. The van der Waals surface area contributed by atoms with Crippen LogP contribution in [0.2, 0.25) is 0 Å². The summed E-state index contributed by atoms with van der Waals surface area (Å²) in [6.07, 6.45) is 0.166. The van der Waals surface area contributed by atoms with E-state index in [-0.39, 0.29) is 5.92 Å². The van der Waals surface area contributed by atoms with Crippen molar-refractivity contribution < 1.29 is 24.5 Å². The second-order valence-electron chi connectivity index (χ2n) is 4.12. The van der Waals surface area contributed by atoms with E-state index in [1.165, 1.54) is 0 Å². The normalized spacial score (nSPS) is 57.5. The first-order valence-electron chi connectivity index (χ1n) is 4.40.